The molecule has 0 unspecified atom stereocenters. The first-order chi connectivity index (χ1) is 8.17. The van der Waals surface area contributed by atoms with Crippen molar-refractivity contribution >= 4 is 0 Å². The number of aliphatic hydroxyl groups is 1. The average molecular weight is 241 g/mol. The molecule has 0 aliphatic heterocycles. The average Bonchev–Trinajstić information content (AvgIpc) is 2.73. The highest BCUT2D eigenvalue weighted by atomic mass is 16.5. The van der Waals surface area contributed by atoms with Crippen molar-refractivity contribution in [2.24, 2.45) is 0 Å². The van der Waals surface area contributed by atoms with Gasteiger partial charge in [0.2, 0.25) is 5.89 Å². The number of unbranched alkanes of at least 4 members (excludes halogenated alkanes) is 1. The second-order valence-corrected chi connectivity index (χ2v) is 4.50. The standard InChI is InChI=1S/C12H23N3O2/c1-4-5-6-11-13-12(17-14-11)9-15(7-8-16)10(2)3/h10,16H,4-9H2,1-3H3. The van der Waals surface area contributed by atoms with Gasteiger partial charge in [0.25, 0.3) is 0 Å². The lowest BCUT2D eigenvalue weighted by molar-refractivity contribution is 0.144. The Morgan fingerprint density at radius 1 is 1.41 bits per heavy atom. The van der Waals surface area contributed by atoms with E-state index in [9.17, 15) is 0 Å². The fraction of sp³-hybridized carbons (Fsp3) is 0.833. The summed E-state index contributed by atoms with van der Waals surface area (Å²) in [5, 5.41) is 12.9. The monoisotopic (exact) mass is 241 g/mol. The molecule has 0 aliphatic carbocycles. The van der Waals surface area contributed by atoms with Crippen LogP contribution in [-0.2, 0) is 13.0 Å². The summed E-state index contributed by atoms with van der Waals surface area (Å²) >= 11 is 0. The minimum Gasteiger partial charge on any atom is -0.395 e. The molecule has 5 heteroatoms. The van der Waals surface area contributed by atoms with Crippen LogP contribution in [0, 0.1) is 0 Å². The van der Waals surface area contributed by atoms with Crippen LogP contribution in [0.3, 0.4) is 0 Å². The van der Waals surface area contributed by atoms with Crippen LogP contribution in [0.25, 0.3) is 0 Å². The molecule has 0 atom stereocenters. The van der Waals surface area contributed by atoms with Gasteiger partial charge in [-0.1, -0.05) is 18.5 Å². The number of hydrogen-bond donors (Lipinski definition) is 1. The molecule has 1 aromatic rings. The Hall–Kier alpha value is -0.940. The van der Waals surface area contributed by atoms with Crippen LogP contribution < -0.4 is 0 Å². The quantitative estimate of drug-likeness (QED) is 0.749. The van der Waals surface area contributed by atoms with Gasteiger partial charge < -0.3 is 9.63 Å². The van der Waals surface area contributed by atoms with Crippen molar-refractivity contribution < 1.29 is 9.63 Å². The second-order valence-electron chi connectivity index (χ2n) is 4.50. The van der Waals surface area contributed by atoms with Gasteiger partial charge in [0.15, 0.2) is 5.82 Å². The zero-order chi connectivity index (χ0) is 12.7. The van der Waals surface area contributed by atoms with Gasteiger partial charge in [0.1, 0.15) is 0 Å². The van der Waals surface area contributed by atoms with E-state index in [1.54, 1.807) is 0 Å². The number of nitrogens with zero attached hydrogens (tertiary/aromatic N) is 3. The van der Waals surface area contributed by atoms with E-state index < -0.39 is 0 Å². The number of aryl methyl sites for hydroxylation is 1. The van der Waals surface area contributed by atoms with Crippen LogP contribution in [0.1, 0.15) is 45.3 Å². The summed E-state index contributed by atoms with van der Waals surface area (Å²) in [4.78, 5) is 6.46. The molecule has 1 aromatic heterocycles. The van der Waals surface area contributed by atoms with Crippen LogP contribution in [0.4, 0.5) is 0 Å². The molecule has 0 saturated carbocycles. The highest BCUT2D eigenvalue weighted by Crippen LogP contribution is 2.07. The molecule has 98 valence electrons. The summed E-state index contributed by atoms with van der Waals surface area (Å²) in [5.74, 6) is 1.42. The van der Waals surface area contributed by atoms with Gasteiger partial charge in [-0.3, -0.25) is 4.90 Å². The first kappa shape index (κ1) is 14.1. The van der Waals surface area contributed by atoms with Gasteiger partial charge in [-0.25, -0.2) is 0 Å². The number of hydrogen-bond acceptors (Lipinski definition) is 5. The zero-order valence-corrected chi connectivity index (χ0v) is 11.0. The molecular weight excluding hydrogens is 218 g/mol. The van der Waals surface area contributed by atoms with Gasteiger partial charge in [0, 0.05) is 19.0 Å². The molecule has 0 saturated heterocycles. The second kappa shape index (κ2) is 7.40. The Bertz CT molecular complexity index is 312. The van der Waals surface area contributed by atoms with E-state index in [4.69, 9.17) is 9.63 Å². The molecule has 0 spiro atoms. The molecule has 1 rings (SSSR count). The van der Waals surface area contributed by atoms with Crippen molar-refractivity contribution in [2.75, 3.05) is 13.2 Å². The van der Waals surface area contributed by atoms with E-state index in [2.05, 4.69) is 35.8 Å². The van der Waals surface area contributed by atoms with Crippen LogP contribution in [0.5, 0.6) is 0 Å². The minimum absolute atomic E-state index is 0.148. The molecule has 5 nitrogen and oxygen atoms in total. The van der Waals surface area contributed by atoms with Crippen molar-refractivity contribution in [3.63, 3.8) is 0 Å². The van der Waals surface area contributed by atoms with Gasteiger partial charge in [-0.2, -0.15) is 4.98 Å². The van der Waals surface area contributed by atoms with Gasteiger partial charge in [-0.05, 0) is 20.3 Å². The Morgan fingerprint density at radius 3 is 2.76 bits per heavy atom. The van der Waals surface area contributed by atoms with Crippen LogP contribution in [0.15, 0.2) is 4.52 Å². The van der Waals surface area contributed by atoms with Gasteiger partial charge in [-0.15, -0.1) is 0 Å². The van der Waals surface area contributed by atoms with E-state index >= 15 is 0 Å². The lowest BCUT2D eigenvalue weighted by atomic mass is 10.2. The molecule has 0 aliphatic rings. The van der Waals surface area contributed by atoms with Crippen molar-refractivity contribution in [1.82, 2.24) is 15.0 Å². The van der Waals surface area contributed by atoms with E-state index in [-0.39, 0.29) is 6.61 Å². The predicted octanol–water partition coefficient (Wildman–Crippen LogP) is 1.61. The maximum Gasteiger partial charge on any atom is 0.240 e. The lowest BCUT2D eigenvalue weighted by Gasteiger charge is -2.23. The zero-order valence-electron chi connectivity index (χ0n) is 11.0. The highest BCUT2D eigenvalue weighted by molar-refractivity contribution is 4.87. The molecule has 0 bridgehead atoms. The van der Waals surface area contributed by atoms with Crippen molar-refractivity contribution in [3.05, 3.63) is 11.7 Å². The first-order valence-corrected chi connectivity index (χ1v) is 6.33. The number of aromatic nitrogens is 2. The summed E-state index contributed by atoms with van der Waals surface area (Å²) in [5.41, 5.74) is 0. The Labute approximate surface area is 103 Å². The van der Waals surface area contributed by atoms with E-state index in [1.165, 1.54) is 0 Å². The first-order valence-electron chi connectivity index (χ1n) is 6.33. The number of aliphatic hydroxyl groups excluding tert-OH is 1. The third-order valence-electron chi connectivity index (χ3n) is 2.72. The van der Waals surface area contributed by atoms with Crippen LogP contribution in [0.2, 0.25) is 0 Å². The van der Waals surface area contributed by atoms with Crippen molar-refractivity contribution in [1.29, 1.82) is 0 Å². The number of rotatable bonds is 8. The lowest BCUT2D eigenvalue weighted by Crippen LogP contribution is -2.33. The normalized spacial score (nSPS) is 11.6. The molecule has 0 radical (unpaired) electrons. The smallest absolute Gasteiger partial charge is 0.240 e. The summed E-state index contributed by atoms with van der Waals surface area (Å²) in [6, 6.07) is 0.355. The molecular formula is C12H23N3O2. The molecule has 17 heavy (non-hydrogen) atoms. The van der Waals surface area contributed by atoms with Crippen molar-refractivity contribution in [2.45, 2.75) is 52.6 Å². The maximum absolute atomic E-state index is 8.98. The molecule has 0 amide bonds. The Balaban J connectivity index is 2.51. The minimum atomic E-state index is 0.148. The molecule has 1 N–H and O–H groups in total. The van der Waals surface area contributed by atoms with Crippen LogP contribution in [-0.4, -0.2) is 39.3 Å². The Morgan fingerprint density at radius 2 is 2.18 bits per heavy atom. The molecule has 1 heterocycles. The topological polar surface area (TPSA) is 62.4 Å². The Kier molecular flexibility index (Phi) is 6.15. The summed E-state index contributed by atoms with van der Waals surface area (Å²) in [6.45, 7) is 7.70. The van der Waals surface area contributed by atoms with E-state index in [1.807, 2.05) is 0 Å². The van der Waals surface area contributed by atoms with Gasteiger partial charge in [0.05, 0.1) is 13.2 Å². The maximum atomic E-state index is 8.98. The van der Waals surface area contributed by atoms with Crippen LogP contribution >= 0.6 is 0 Å². The fourth-order valence-corrected chi connectivity index (χ4v) is 1.61. The molecule has 0 fully saturated rings. The third kappa shape index (κ3) is 4.83. The summed E-state index contributed by atoms with van der Waals surface area (Å²) in [6.07, 6.45) is 3.09. The highest BCUT2D eigenvalue weighted by Gasteiger charge is 2.14. The summed E-state index contributed by atoms with van der Waals surface area (Å²) < 4.78 is 5.20. The summed E-state index contributed by atoms with van der Waals surface area (Å²) in [7, 11) is 0. The van der Waals surface area contributed by atoms with E-state index in [0.717, 1.165) is 25.1 Å². The van der Waals surface area contributed by atoms with Gasteiger partial charge >= 0.3 is 0 Å². The largest absolute Gasteiger partial charge is 0.395 e. The predicted molar refractivity (Wildman–Crippen MR) is 65.5 cm³/mol. The van der Waals surface area contributed by atoms with Crippen molar-refractivity contribution in [3.8, 4) is 0 Å². The SMILES string of the molecule is CCCCc1noc(CN(CCO)C(C)C)n1. The fourth-order valence-electron chi connectivity index (χ4n) is 1.61. The third-order valence-corrected chi connectivity index (χ3v) is 2.72. The molecule has 0 aromatic carbocycles. The van der Waals surface area contributed by atoms with E-state index in [0.29, 0.717) is 25.0 Å².